The van der Waals surface area contributed by atoms with Gasteiger partial charge in [0.2, 0.25) is 0 Å². The molecule has 0 bridgehead atoms. The highest BCUT2D eigenvalue weighted by molar-refractivity contribution is 5.80. The van der Waals surface area contributed by atoms with Crippen molar-refractivity contribution in [3.63, 3.8) is 0 Å². The molecule has 0 aromatic heterocycles. The minimum atomic E-state index is -1.08. The van der Waals surface area contributed by atoms with Gasteiger partial charge in [0, 0.05) is 11.6 Å². The second-order valence-electron chi connectivity index (χ2n) is 15.6. The van der Waals surface area contributed by atoms with Crippen LogP contribution in [0.4, 0.5) is 0 Å². The highest BCUT2D eigenvalue weighted by Gasteiger charge is 2.46. The van der Waals surface area contributed by atoms with Gasteiger partial charge in [0.1, 0.15) is 27.8 Å². The molecule has 0 amide bonds. The molecule has 1 unspecified atom stereocenters. The molecular weight excluding hydrogens is 660 g/mol. The van der Waals surface area contributed by atoms with Gasteiger partial charge in [-0.3, -0.25) is 14.4 Å². The van der Waals surface area contributed by atoms with Crippen molar-refractivity contribution in [2.45, 2.75) is 85.8 Å². The predicted octanol–water partition coefficient (Wildman–Crippen LogP) is 5.26. The fraction of sp³-hybridized carbons (Fsp3) is 0.564. The molecule has 12 nitrogen and oxygen atoms in total. The summed E-state index contributed by atoms with van der Waals surface area (Å²) in [7, 11) is 0. The Labute approximate surface area is 299 Å². The molecule has 0 saturated carbocycles. The van der Waals surface area contributed by atoms with E-state index < -0.39 is 57.6 Å². The monoisotopic (exact) mass is 708 g/mol. The predicted molar refractivity (Wildman–Crippen MR) is 183 cm³/mol. The number of carbonyl (C=O) groups is 3. The second kappa shape index (κ2) is 14.3. The lowest BCUT2D eigenvalue weighted by Crippen LogP contribution is -2.50. The van der Waals surface area contributed by atoms with Crippen molar-refractivity contribution in [1.82, 2.24) is 0 Å². The minimum Gasteiger partial charge on any atom is -0.444 e. The summed E-state index contributed by atoms with van der Waals surface area (Å²) in [4.78, 5) is 39.7. The first-order valence-electron chi connectivity index (χ1n) is 16.9. The van der Waals surface area contributed by atoms with E-state index in [1.807, 2.05) is 0 Å². The van der Waals surface area contributed by atoms with Crippen molar-refractivity contribution >= 4 is 24.0 Å². The van der Waals surface area contributed by atoms with Gasteiger partial charge in [-0.15, -0.1) is 0 Å². The summed E-state index contributed by atoms with van der Waals surface area (Å²) in [6.45, 7) is 16.6. The van der Waals surface area contributed by atoms with E-state index in [9.17, 15) is 14.4 Å². The third kappa shape index (κ3) is 9.74. The first kappa shape index (κ1) is 38.4. The molecule has 1 atom stereocenters. The fourth-order valence-corrected chi connectivity index (χ4v) is 4.95. The fourth-order valence-electron chi connectivity index (χ4n) is 4.95. The van der Waals surface area contributed by atoms with Crippen molar-refractivity contribution in [3.05, 3.63) is 59.4 Å². The van der Waals surface area contributed by atoms with Crippen LogP contribution in [0.15, 0.2) is 53.8 Å². The lowest BCUT2D eigenvalue weighted by molar-refractivity contribution is -0.281. The normalized spacial score (nSPS) is 25.5. The van der Waals surface area contributed by atoms with E-state index in [0.717, 1.165) is 5.56 Å². The summed E-state index contributed by atoms with van der Waals surface area (Å²) in [6.07, 6.45) is 5.57. The summed E-state index contributed by atoms with van der Waals surface area (Å²) in [6, 6.07) is 6.93. The molecule has 3 heterocycles. The number of esters is 3. The topological polar surface area (TPSA) is 134 Å². The Bertz CT molecular complexity index is 1640. The van der Waals surface area contributed by atoms with Crippen LogP contribution in [0.25, 0.3) is 6.08 Å². The molecule has 3 saturated heterocycles. The molecule has 0 spiro atoms. The zero-order chi connectivity index (χ0) is 37.3. The Morgan fingerprint density at radius 3 is 1.53 bits per heavy atom. The van der Waals surface area contributed by atoms with E-state index >= 15 is 0 Å². The summed E-state index contributed by atoms with van der Waals surface area (Å²) in [5.74, 6) is 2.50. The van der Waals surface area contributed by atoms with Crippen LogP contribution in [0.2, 0.25) is 0 Å². The summed E-state index contributed by atoms with van der Waals surface area (Å²) in [5, 5.41) is 0. The van der Waals surface area contributed by atoms with Gasteiger partial charge in [0.05, 0.1) is 39.6 Å². The smallest absolute Gasteiger partial charge is 0.321 e. The van der Waals surface area contributed by atoms with Gasteiger partial charge in [-0.05, 0) is 98.1 Å². The van der Waals surface area contributed by atoms with E-state index in [1.165, 1.54) is 6.08 Å². The number of hydrogen-bond donors (Lipinski definition) is 0. The van der Waals surface area contributed by atoms with Crippen molar-refractivity contribution in [3.8, 4) is 17.6 Å². The van der Waals surface area contributed by atoms with Gasteiger partial charge in [0.15, 0.2) is 23.5 Å². The standard InChI is InChI=1S/C39H48O12/c1-34(2)43-20-37(7,21-44-34)31(40)49-28-15-12-26(13-16-28)10-11-27-14-17-29(50-32(41)38(8)22-45-35(3,4)46-23-38)19-30(18-27)51-33(42)39(9)24-47-36(5,6)48-25-39/h10-13,15-16,18-19,29H,20-25H2,1-9H3/b11-10+. The number of allylic oxidation sites excluding steroid dienone is 3. The van der Waals surface area contributed by atoms with E-state index in [0.29, 0.717) is 11.3 Å². The zero-order valence-electron chi connectivity index (χ0n) is 30.8. The average Bonchev–Trinajstić information content (AvgIpc) is 3.26. The molecule has 3 fully saturated rings. The van der Waals surface area contributed by atoms with Crippen molar-refractivity contribution in [1.29, 1.82) is 0 Å². The van der Waals surface area contributed by atoms with Crippen LogP contribution in [0, 0.1) is 28.1 Å². The van der Waals surface area contributed by atoms with E-state index in [1.54, 1.807) is 105 Å². The maximum absolute atomic E-state index is 13.4. The Hall–Kier alpha value is -3.83. The largest absolute Gasteiger partial charge is 0.444 e. The Kier molecular flexibility index (Phi) is 10.8. The molecule has 12 heteroatoms. The Morgan fingerprint density at radius 1 is 0.627 bits per heavy atom. The molecule has 51 heavy (non-hydrogen) atoms. The maximum Gasteiger partial charge on any atom is 0.321 e. The minimum absolute atomic E-state index is 0.0937. The molecular formula is C39H48O12. The van der Waals surface area contributed by atoms with Gasteiger partial charge in [-0.1, -0.05) is 24.1 Å². The lowest BCUT2D eigenvalue weighted by Gasteiger charge is -2.40. The molecule has 0 N–H and O–H groups in total. The van der Waals surface area contributed by atoms with Crippen LogP contribution in [0.3, 0.4) is 0 Å². The summed E-state index contributed by atoms with van der Waals surface area (Å²) in [5.41, 5.74) is -1.81. The van der Waals surface area contributed by atoms with Crippen molar-refractivity contribution in [2.75, 3.05) is 39.6 Å². The van der Waals surface area contributed by atoms with E-state index in [-0.39, 0.29) is 45.4 Å². The number of rotatable bonds is 8. The van der Waals surface area contributed by atoms with Crippen LogP contribution in [0.1, 0.15) is 67.9 Å². The molecule has 1 aromatic rings. The van der Waals surface area contributed by atoms with E-state index in [2.05, 4.69) is 11.8 Å². The first-order chi connectivity index (χ1) is 23.7. The highest BCUT2D eigenvalue weighted by atomic mass is 16.7. The molecule has 1 aromatic carbocycles. The van der Waals surface area contributed by atoms with Crippen molar-refractivity contribution < 1.29 is 57.0 Å². The van der Waals surface area contributed by atoms with Crippen molar-refractivity contribution in [2.24, 2.45) is 16.2 Å². The van der Waals surface area contributed by atoms with Gasteiger partial charge in [-0.25, -0.2) is 0 Å². The molecule has 3 aliphatic heterocycles. The highest BCUT2D eigenvalue weighted by Crippen LogP contribution is 2.34. The van der Waals surface area contributed by atoms with Crippen LogP contribution >= 0.6 is 0 Å². The van der Waals surface area contributed by atoms with Gasteiger partial charge < -0.3 is 42.6 Å². The second-order valence-corrected chi connectivity index (χ2v) is 15.6. The van der Waals surface area contributed by atoms with Gasteiger partial charge in [0.25, 0.3) is 0 Å². The Morgan fingerprint density at radius 2 is 1.06 bits per heavy atom. The molecule has 4 aliphatic rings. The number of benzene rings is 1. The average molecular weight is 709 g/mol. The van der Waals surface area contributed by atoms with Gasteiger partial charge >= 0.3 is 17.9 Å². The van der Waals surface area contributed by atoms with Crippen LogP contribution < -0.4 is 4.74 Å². The summed E-state index contributed by atoms with van der Waals surface area (Å²) < 4.78 is 51.5. The molecule has 5 rings (SSSR count). The number of hydrogen-bond acceptors (Lipinski definition) is 12. The number of carbonyl (C=O) groups excluding carboxylic acids is 3. The van der Waals surface area contributed by atoms with Crippen LogP contribution in [0.5, 0.6) is 5.75 Å². The molecule has 0 radical (unpaired) electrons. The van der Waals surface area contributed by atoms with Crippen LogP contribution in [-0.2, 0) is 52.3 Å². The molecule has 1 aliphatic carbocycles. The SMILES string of the molecule is CC1(C)OCC(C)(C(=O)OC2=CC(OC(=O)C3(C)COC(C)(C)OC3)C#CC(/C=C/c3ccc(OC(=O)C4(C)COC(C)(C)OC4)cc3)=C2)CO1. The lowest BCUT2D eigenvalue weighted by atomic mass is 9.91. The van der Waals surface area contributed by atoms with Crippen LogP contribution in [-0.4, -0.2) is 81.0 Å². The number of ether oxygens (including phenoxy) is 9. The summed E-state index contributed by atoms with van der Waals surface area (Å²) >= 11 is 0. The van der Waals surface area contributed by atoms with E-state index in [4.69, 9.17) is 42.6 Å². The first-order valence-corrected chi connectivity index (χ1v) is 16.9. The maximum atomic E-state index is 13.4. The third-order valence-electron chi connectivity index (χ3n) is 8.87. The molecule has 276 valence electrons. The third-order valence-corrected chi connectivity index (χ3v) is 8.87. The zero-order valence-corrected chi connectivity index (χ0v) is 30.8. The Balaban J connectivity index is 1.30. The van der Waals surface area contributed by atoms with Gasteiger partial charge in [-0.2, -0.15) is 0 Å². The quantitative estimate of drug-likeness (QED) is 0.198.